The molecule has 2 heterocycles. The van der Waals surface area contributed by atoms with Gasteiger partial charge in [0.15, 0.2) is 18.7 Å². The molecule has 0 aromatic rings. The van der Waals surface area contributed by atoms with E-state index in [1.165, 1.54) is 122 Å². The van der Waals surface area contributed by atoms with E-state index in [2.05, 4.69) is 32.9 Å². The van der Waals surface area contributed by atoms with Gasteiger partial charge in [0.1, 0.15) is 98.7 Å². The van der Waals surface area contributed by atoms with Crippen molar-refractivity contribution in [2.75, 3.05) is 26.4 Å². The Balaban J connectivity index is 1.73. The van der Waals surface area contributed by atoms with Crippen LogP contribution < -0.4 is 0 Å². The average Bonchev–Trinajstić information content (AvgIpc) is 0.763. The Morgan fingerprint density at radius 1 is 0.392 bits per heavy atom. The summed E-state index contributed by atoms with van der Waals surface area (Å²) in [6.07, 6.45) is 12.7. The van der Waals surface area contributed by atoms with Gasteiger partial charge in [-0.05, 0) is 44.9 Å². The van der Waals surface area contributed by atoms with Crippen molar-refractivity contribution in [2.24, 2.45) is 0 Å². The molecule has 3 aliphatic rings. The molecule has 18 unspecified atom stereocenters. The van der Waals surface area contributed by atoms with Crippen molar-refractivity contribution in [1.29, 1.82) is 0 Å². The molecular weight excluding hydrogens is 1280 g/mol. The summed E-state index contributed by atoms with van der Waals surface area (Å²) in [5.74, 6) is -1.98. The van der Waals surface area contributed by atoms with Gasteiger partial charge in [0.2, 0.25) is 0 Å². The highest BCUT2D eigenvalue weighted by Crippen LogP contribution is 2.49. The summed E-state index contributed by atoms with van der Waals surface area (Å²) in [6.45, 7) is 3.44. The van der Waals surface area contributed by atoms with E-state index in [9.17, 15) is 74.9 Å². The largest absolute Gasteiger partial charge is 0.472 e. The standard InChI is InChI=1S/C72H133O24P/c1-4-7-10-13-16-19-22-25-27-30-32-34-37-40-43-46-56(74)88-50-53(91-58(76)48-45-42-39-36-33-29-26-23-20-17-14-11-8-5-2)51-90-97(86,87)96-70-68(94-71-66(84)61(79)59(77)54(49-73)92-71)64(82)63(81)65(83)69(70)95-72-67(85)62(80)60(78)55(93-72)52-89-57(75)47-44-41-38-35-31-28-24-21-18-15-12-9-6-3/h19,22,53-55,59-73,77-85H,4-18,20-21,23-52H2,1-3H3,(H,86,87)/b22-19-. The number of aliphatic hydroxyl groups is 10. The third-order valence-corrected chi connectivity index (χ3v) is 19.8. The number of rotatable bonds is 59. The zero-order chi connectivity index (χ0) is 71.1. The fourth-order valence-electron chi connectivity index (χ4n) is 12.6. The lowest BCUT2D eigenvalue weighted by molar-refractivity contribution is -0.360. The Labute approximate surface area is 580 Å². The molecule has 0 aromatic heterocycles. The molecule has 3 fully saturated rings. The van der Waals surface area contributed by atoms with Crippen molar-refractivity contribution in [3.05, 3.63) is 12.2 Å². The minimum absolute atomic E-state index is 0.0323. The second-order valence-corrected chi connectivity index (χ2v) is 28.8. The van der Waals surface area contributed by atoms with Crippen LogP contribution in [-0.2, 0) is 61.2 Å². The topological polar surface area (TPSA) is 374 Å². The highest BCUT2D eigenvalue weighted by Gasteiger charge is 2.58. The molecule has 18 atom stereocenters. The maximum absolute atomic E-state index is 14.3. The number of hydrogen-bond donors (Lipinski definition) is 11. The van der Waals surface area contributed by atoms with Crippen molar-refractivity contribution in [2.45, 2.75) is 401 Å². The van der Waals surface area contributed by atoms with Crippen molar-refractivity contribution in [3.63, 3.8) is 0 Å². The lowest BCUT2D eigenvalue weighted by Gasteiger charge is -2.49. The van der Waals surface area contributed by atoms with E-state index in [4.69, 9.17) is 42.2 Å². The van der Waals surface area contributed by atoms with E-state index in [0.29, 0.717) is 19.3 Å². The summed E-state index contributed by atoms with van der Waals surface area (Å²) in [5.41, 5.74) is 0. The first-order valence-electron chi connectivity index (χ1n) is 38.0. The molecule has 97 heavy (non-hydrogen) atoms. The average molecular weight is 1410 g/mol. The van der Waals surface area contributed by atoms with Crippen LogP contribution in [0.5, 0.6) is 0 Å². The molecule has 0 radical (unpaired) electrons. The summed E-state index contributed by atoms with van der Waals surface area (Å²) >= 11 is 0. The Morgan fingerprint density at radius 3 is 1.12 bits per heavy atom. The number of carbonyl (C=O) groups excluding carboxylic acids is 3. The monoisotopic (exact) mass is 1410 g/mol. The molecule has 11 N–H and O–H groups in total. The van der Waals surface area contributed by atoms with Crippen molar-refractivity contribution in [1.82, 2.24) is 0 Å². The van der Waals surface area contributed by atoms with Gasteiger partial charge in [0.05, 0.1) is 13.2 Å². The molecular formula is C72H133O24P. The van der Waals surface area contributed by atoms with E-state index in [1.54, 1.807) is 0 Å². The molecule has 570 valence electrons. The number of hydrogen-bond acceptors (Lipinski definition) is 23. The van der Waals surface area contributed by atoms with Gasteiger partial charge in [0.25, 0.3) is 0 Å². The summed E-state index contributed by atoms with van der Waals surface area (Å²) in [7, 11) is -5.69. The first-order valence-corrected chi connectivity index (χ1v) is 39.5. The fourth-order valence-corrected chi connectivity index (χ4v) is 13.5. The zero-order valence-electron chi connectivity index (χ0n) is 59.4. The van der Waals surface area contributed by atoms with E-state index < -0.39 is 156 Å². The number of ether oxygens (including phenoxy) is 7. The first kappa shape index (κ1) is 88.9. The summed E-state index contributed by atoms with van der Waals surface area (Å²) in [6, 6.07) is 0. The van der Waals surface area contributed by atoms with Crippen molar-refractivity contribution >= 4 is 25.7 Å². The third-order valence-electron chi connectivity index (χ3n) is 18.8. The number of aliphatic hydroxyl groups excluding tert-OH is 10. The van der Waals surface area contributed by atoms with Gasteiger partial charge < -0.3 is 89.1 Å². The van der Waals surface area contributed by atoms with Crippen LogP contribution in [0.15, 0.2) is 12.2 Å². The van der Waals surface area contributed by atoms with Crippen LogP contribution in [0.1, 0.15) is 297 Å². The van der Waals surface area contributed by atoms with Gasteiger partial charge in [-0.15, -0.1) is 0 Å². The van der Waals surface area contributed by atoms with Gasteiger partial charge in [0, 0.05) is 19.3 Å². The molecule has 0 spiro atoms. The lowest BCUT2D eigenvalue weighted by Crippen LogP contribution is -2.69. The fraction of sp³-hybridized carbons (Fsp3) is 0.931. The Kier molecular flexibility index (Phi) is 49.8. The van der Waals surface area contributed by atoms with Crippen LogP contribution in [0.4, 0.5) is 0 Å². The second kappa shape index (κ2) is 54.4. The number of phosphoric acid groups is 1. The number of carbonyl (C=O) groups is 3. The quantitative estimate of drug-likeness (QED) is 0.00886. The van der Waals surface area contributed by atoms with E-state index in [1.807, 2.05) is 0 Å². The molecule has 2 saturated heterocycles. The lowest BCUT2D eigenvalue weighted by atomic mass is 9.84. The maximum Gasteiger partial charge on any atom is 0.472 e. The van der Waals surface area contributed by atoms with E-state index >= 15 is 0 Å². The first-order chi connectivity index (χ1) is 46.8. The van der Waals surface area contributed by atoms with Gasteiger partial charge in [-0.1, -0.05) is 245 Å². The smallest absolute Gasteiger partial charge is 0.463 e. The van der Waals surface area contributed by atoms with Crippen molar-refractivity contribution < 1.29 is 117 Å². The SMILES string of the molecule is CCCCCC/C=C\CCCCCCCCCC(=O)OCC(COP(=O)(O)OC1C(OC2OC(CO)C(O)C(O)C2O)C(O)C(O)C(O)C1OC1OC(COC(=O)CCCCCCCCCCCCCCC)C(O)C(O)C1O)OC(=O)CCCCCCCCCCCCCCCC. The number of unbranched alkanes of at least 4 members (excludes halogenated alkanes) is 36. The molecule has 1 saturated carbocycles. The van der Waals surface area contributed by atoms with E-state index in [0.717, 1.165) is 116 Å². The molecule has 24 nitrogen and oxygen atoms in total. The van der Waals surface area contributed by atoms with E-state index in [-0.39, 0.29) is 19.3 Å². The molecule has 0 bridgehead atoms. The van der Waals surface area contributed by atoms with Crippen LogP contribution in [0.2, 0.25) is 0 Å². The zero-order valence-corrected chi connectivity index (χ0v) is 60.3. The summed E-state index contributed by atoms with van der Waals surface area (Å²) in [4.78, 5) is 51.0. The van der Waals surface area contributed by atoms with Crippen molar-refractivity contribution in [3.8, 4) is 0 Å². The number of phosphoric ester groups is 1. The summed E-state index contributed by atoms with van der Waals surface area (Å²) in [5, 5.41) is 110. The van der Waals surface area contributed by atoms with Gasteiger partial charge in [-0.3, -0.25) is 23.4 Å². The molecule has 25 heteroatoms. The predicted octanol–water partition coefficient (Wildman–Crippen LogP) is 10.4. The van der Waals surface area contributed by atoms with Gasteiger partial charge >= 0.3 is 25.7 Å². The number of allylic oxidation sites excluding steroid dienone is 2. The third kappa shape index (κ3) is 37.6. The molecule has 2 aliphatic heterocycles. The van der Waals surface area contributed by atoms with Crippen LogP contribution in [0, 0.1) is 0 Å². The number of esters is 3. The maximum atomic E-state index is 14.3. The molecule has 1 aliphatic carbocycles. The highest BCUT2D eigenvalue weighted by molar-refractivity contribution is 7.47. The Hall–Kier alpha value is -2.30. The Morgan fingerprint density at radius 2 is 0.722 bits per heavy atom. The van der Waals surface area contributed by atoms with Crippen LogP contribution >= 0.6 is 7.82 Å². The highest BCUT2D eigenvalue weighted by atomic mass is 31.2. The van der Waals surface area contributed by atoms with Crippen LogP contribution in [0.3, 0.4) is 0 Å². The Bertz CT molecular complexity index is 2060. The minimum atomic E-state index is -5.69. The molecule has 3 rings (SSSR count). The molecule has 0 aromatic carbocycles. The predicted molar refractivity (Wildman–Crippen MR) is 365 cm³/mol. The summed E-state index contributed by atoms with van der Waals surface area (Å²) < 4.78 is 65.0. The van der Waals surface area contributed by atoms with Crippen LogP contribution in [0.25, 0.3) is 0 Å². The van der Waals surface area contributed by atoms with Crippen LogP contribution in [-0.4, -0.2) is 204 Å². The van der Waals surface area contributed by atoms with Gasteiger partial charge in [-0.25, -0.2) is 4.57 Å². The second-order valence-electron chi connectivity index (χ2n) is 27.4. The molecule has 0 amide bonds. The normalized spacial score (nSPS) is 27.8. The van der Waals surface area contributed by atoms with Gasteiger partial charge in [-0.2, -0.15) is 0 Å². The minimum Gasteiger partial charge on any atom is -0.463 e.